The van der Waals surface area contributed by atoms with Gasteiger partial charge >= 0.3 is 6.18 Å². The van der Waals surface area contributed by atoms with Crippen LogP contribution < -0.4 is 17.2 Å². The summed E-state index contributed by atoms with van der Waals surface area (Å²) in [6.45, 7) is 0.0136. The maximum absolute atomic E-state index is 14.2. The number of benzene rings is 1. The van der Waals surface area contributed by atoms with Gasteiger partial charge in [0.05, 0.1) is 18.1 Å². The molecule has 5 rings (SSSR count). The molecule has 0 bridgehead atoms. The molecule has 3 heterocycles. The van der Waals surface area contributed by atoms with E-state index in [1.807, 2.05) is 0 Å². The second kappa shape index (κ2) is 7.58. The number of nitrogens with zero attached hydrogens (tertiary/aromatic N) is 6. The van der Waals surface area contributed by atoms with Gasteiger partial charge in [-0.3, -0.25) is 4.79 Å². The number of hydrogen-bond donors (Lipinski definition) is 3. The van der Waals surface area contributed by atoms with E-state index < -0.39 is 35.7 Å². The number of halogens is 4. The molecule has 1 aliphatic carbocycles. The summed E-state index contributed by atoms with van der Waals surface area (Å²) in [6, 6.07) is 7.70. The number of nitrogen functional groups attached to an aromatic ring is 2. The van der Waals surface area contributed by atoms with E-state index >= 15 is 0 Å². The quantitative estimate of drug-likeness (QED) is 0.360. The molecule has 3 aromatic heterocycles. The average molecular weight is 487 g/mol. The Kier molecular flexibility index (Phi) is 4.86. The Bertz CT molecular complexity index is 1460. The number of hydrogen-bond acceptors (Lipinski definition) is 8. The monoisotopic (exact) mass is 487 g/mol. The van der Waals surface area contributed by atoms with Crippen molar-refractivity contribution in [3.8, 4) is 11.5 Å². The van der Waals surface area contributed by atoms with E-state index in [2.05, 4.69) is 25.3 Å². The Morgan fingerprint density at radius 3 is 2.43 bits per heavy atom. The predicted molar refractivity (Wildman–Crippen MR) is 116 cm³/mol. The Morgan fingerprint density at radius 1 is 1.14 bits per heavy atom. The normalized spacial score (nSPS) is 19.7. The molecule has 0 saturated heterocycles. The van der Waals surface area contributed by atoms with Crippen molar-refractivity contribution in [1.29, 1.82) is 0 Å². The fourth-order valence-corrected chi connectivity index (χ4v) is 4.29. The molecule has 1 aromatic carbocycles. The largest absolute Gasteiger partial charge is 0.403 e. The third kappa shape index (κ3) is 3.40. The van der Waals surface area contributed by atoms with Gasteiger partial charge in [-0.15, -0.1) is 5.10 Å². The fourth-order valence-electron chi connectivity index (χ4n) is 4.29. The number of carbonyl (C=O) groups excluding carboxylic acids is 1. The SMILES string of the molecule is NC(=O)C1(C(F)(F)F)CC1c1c(N)nc(-c2nn(Cc3ccccc3F)c3nnccc23)nc1N. The molecule has 0 aliphatic heterocycles. The van der Waals surface area contributed by atoms with Gasteiger partial charge < -0.3 is 17.2 Å². The van der Waals surface area contributed by atoms with Crippen LogP contribution in [0.4, 0.5) is 29.2 Å². The molecule has 4 aromatic rings. The minimum atomic E-state index is -4.89. The Balaban J connectivity index is 1.58. The van der Waals surface area contributed by atoms with Gasteiger partial charge in [0.15, 0.2) is 16.9 Å². The number of aromatic nitrogens is 6. The molecule has 2 unspecified atom stereocenters. The molecule has 1 fully saturated rings. The lowest BCUT2D eigenvalue weighted by Crippen LogP contribution is -2.39. The highest BCUT2D eigenvalue weighted by atomic mass is 19.4. The van der Waals surface area contributed by atoms with E-state index in [0.717, 1.165) is 0 Å². The first-order valence-corrected chi connectivity index (χ1v) is 10.3. The van der Waals surface area contributed by atoms with Crippen LogP contribution in [-0.2, 0) is 11.3 Å². The third-order valence-electron chi connectivity index (χ3n) is 6.17. The molecule has 6 N–H and O–H groups in total. The summed E-state index contributed by atoms with van der Waals surface area (Å²) in [5.41, 5.74) is 14.9. The molecule has 2 atom stereocenters. The third-order valence-corrected chi connectivity index (χ3v) is 6.17. The van der Waals surface area contributed by atoms with Crippen molar-refractivity contribution >= 4 is 28.6 Å². The maximum atomic E-state index is 14.2. The highest BCUT2D eigenvalue weighted by Gasteiger charge is 2.76. The molecule has 1 aliphatic rings. The summed E-state index contributed by atoms with van der Waals surface area (Å²) in [6.07, 6.45) is -4.09. The van der Waals surface area contributed by atoms with Gasteiger partial charge in [0.25, 0.3) is 0 Å². The number of primary amides is 1. The summed E-state index contributed by atoms with van der Waals surface area (Å²) in [4.78, 5) is 19.9. The molecular formula is C21H17F4N9O. The van der Waals surface area contributed by atoms with Crippen LogP contribution in [0.1, 0.15) is 23.5 Å². The zero-order valence-corrected chi connectivity index (χ0v) is 17.8. The standard InChI is InChI=1S/C21H17F4N9O/c22-12-4-2-1-3-9(12)8-34-18-10(5-6-29-32-18)14(33-34)17-30-15(26)13(16(27)31-17)11-7-20(11,19(28)35)21(23,24)25/h1-6,11H,7-8H2,(H2,28,35)(H4,26,27,30,31). The summed E-state index contributed by atoms with van der Waals surface area (Å²) in [5, 5.41) is 12.8. The number of carbonyl (C=O) groups is 1. The van der Waals surface area contributed by atoms with Crippen LogP contribution in [0.25, 0.3) is 22.6 Å². The highest BCUT2D eigenvalue weighted by Crippen LogP contribution is 2.68. The van der Waals surface area contributed by atoms with Crippen LogP contribution in [0, 0.1) is 11.2 Å². The van der Waals surface area contributed by atoms with E-state index in [-0.39, 0.29) is 35.3 Å². The zero-order chi connectivity index (χ0) is 25.1. The predicted octanol–water partition coefficient (Wildman–Crippen LogP) is 2.16. The first-order chi connectivity index (χ1) is 16.5. The first kappa shape index (κ1) is 22.4. The maximum Gasteiger partial charge on any atom is 0.403 e. The topological polar surface area (TPSA) is 165 Å². The number of alkyl halides is 3. The van der Waals surface area contributed by atoms with Crippen LogP contribution in [0.3, 0.4) is 0 Å². The lowest BCUT2D eigenvalue weighted by molar-refractivity contribution is -0.191. The van der Waals surface area contributed by atoms with Crippen LogP contribution in [-0.4, -0.2) is 42.0 Å². The van der Waals surface area contributed by atoms with Gasteiger partial charge in [0.2, 0.25) is 5.91 Å². The fraction of sp³-hybridized carbons (Fsp3) is 0.238. The summed E-state index contributed by atoms with van der Waals surface area (Å²) < 4.78 is 56.4. The molecule has 0 radical (unpaired) electrons. The van der Waals surface area contributed by atoms with Crippen molar-refractivity contribution in [2.45, 2.75) is 25.1 Å². The minimum Gasteiger partial charge on any atom is -0.383 e. The second-order valence-electron chi connectivity index (χ2n) is 8.19. The Labute approximate surface area is 194 Å². The van der Waals surface area contributed by atoms with Crippen LogP contribution in [0.5, 0.6) is 0 Å². The van der Waals surface area contributed by atoms with Crippen molar-refractivity contribution in [3.05, 3.63) is 53.5 Å². The van der Waals surface area contributed by atoms with Gasteiger partial charge in [0.1, 0.15) is 23.1 Å². The van der Waals surface area contributed by atoms with Crippen LogP contribution in [0.15, 0.2) is 36.5 Å². The van der Waals surface area contributed by atoms with Crippen LogP contribution in [0.2, 0.25) is 0 Å². The zero-order valence-electron chi connectivity index (χ0n) is 17.8. The van der Waals surface area contributed by atoms with Gasteiger partial charge in [0, 0.05) is 17.0 Å². The van der Waals surface area contributed by atoms with Gasteiger partial charge in [-0.25, -0.2) is 19.0 Å². The molecule has 0 spiro atoms. The van der Waals surface area contributed by atoms with Crippen molar-refractivity contribution in [3.63, 3.8) is 0 Å². The van der Waals surface area contributed by atoms with Crippen molar-refractivity contribution < 1.29 is 22.4 Å². The smallest absolute Gasteiger partial charge is 0.383 e. The van der Waals surface area contributed by atoms with Gasteiger partial charge in [-0.05, 0) is 18.6 Å². The van der Waals surface area contributed by atoms with E-state index in [1.165, 1.54) is 16.9 Å². The summed E-state index contributed by atoms with van der Waals surface area (Å²) in [7, 11) is 0. The molecule has 1 amide bonds. The molecular weight excluding hydrogens is 470 g/mol. The van der Waals surface area contributed by atoms with Gasteiger partial charge in [-0.1, -0.05) is 18.2 Å². The molecule has 10 nitrogen and oxygen atoms in total. The lowest BCUT2D eigenvalue weighted by Gasteiger charge is -2.18. The number of fused-ring (bicyclic) bond motifs is 1. The number of rotatable bonds is 5. The molecule has 14 heteroatoms. The van der Waals surface area contributed by atoms with Gasteiger partial charge in [-0.2, -0.15) is 23.4 Å². The van der Waals surface area contributed by atoms with Crippen LogP contribution >= 0.6 is 0 Å². The van der Waals surface area contributed by atoms with E-state index in [9.17, 15) is 22.4 Å². The number of nitrogens with two attached hydrogens (primary N) is 3. The Morgan fingerprint density at radius 2 is 1.83 bits per heavy atom. The van der Waals surface area contributed by atoms with Crippen molar-refractivity contribution in [2.24, 2.45) is 11.1 Å². The number of anilines is 2. The van der Waals surface area contributed by atoms with Crippen molar-refractivity contribution in [2.75, 3.05) is 11.5 Å². The Hall–Kier alpha value is -4.36. The van der Waals surface area contributed by atoms with E-state index in [4.69, 9.17) is 17.2 Å². The summed E-state index contributed by atoms with van der Waals surface area (Å²) in [5.74, 6) is -4.09. The second-order valence-corrected chi connectivity index (χ2v) is 8.19. The summed E-state index contributed by atoms with van der Waals surface area (Å²) >= 11 is 0. The van der Waals surface area contributed by atoms with Crippen molar-refractivity contribution in [1.82, 2.24) is 29.9 Å². The van der Waals surface area contributed by atoms with E-state index in [1.54, 1.807) is 24.3 Å². The molecule has 180 valence electrons. The highest BCUT2D eigenvalue weighted by molar-refractivity contribution is 5.90. The first-order valence-electron chi connectivity index (χ1n) is 10.3. The molecule has 35 heavy (non-hydrogen) atoms. The lowest BCUT2D eigenvalue weighted by atomic mass is 9.98. The average Bonchev–Trinajstić information content (AvgIpc) is 3.45. The van der Waals surface area contributed by atoms with E-state index in [0.29, 0.717) is 16.6 Å². The minimum absolute atomic E-state index is 0.0136. The number of amides is 1. The molecule has 1 saturated carbocycles.